The van der Waals surface area contributed by atoms with Gasteiger partial charge in [-0.2, -0.15) is 0 Å². The van der Waals surface area contributed by atoms with Crippen LogP contribution < -0.4 is 0 Å². The molecule has 0 amide bonds. The lowest BCUT2D eigenvalue weighted by Gasteiger charge is -2.04. The molecule has 0 aliphatic heterocycles. The molecule has 0 radical (unpaired) electrons. The Kier molecular flexibility index (Phi) is 3.26. The molecule has 1 heterocycles. The van der Waals surface area contributed by atoms with Gasteiger partial charge in [0.1, 0.15) is 0 Å². The van der Waals surface area contributed by atoms with Crippen molar-refractivity contribution in [1.82, 2.24) is 0 Å². The third kappa shape index (κ3) is 2.38. The van der Waals surface area contributed by atoms with E-state index in [1.54, 1.807) is 17.5 Å². The molecular weight excluding hydrogens is 260 g/mol. The number of thiophene rings is 1. The standard InChI is InChI=1S/C12H7ClO3S/c13-7-3-4-8(9(6-7)12(15)16)11(14)10-2-1-5-17-10/h1-6H,(H,15,16). The van der Waals surface area contributed by atoms with Crippen LogP contribution in [0.1, 0.15) is 25.6 Å². The van der Waals surface area contributed by atoms with Gasteiger partial charge in [-0.1, -0.05) is 17.7 Å². The van der Waals surface area contributed by atoms with Crippen molar-refractivity contribution < 1.29 is 14.7 Å². The molecule has 1 N–H and O–H groups in total. The van der Waals surface area contributed by atoms with Crippen LogP contribution in [0, 0.1) is 0 Å². The van der Waals surface area contributed by atoms with Gasteiger partial charge in [0.05, 0.1) is 10.4 Å². The second-order valence-corrected chi connectivity index (χ2v) is 4.69. The summed E-state index contributed by atoms with van der Waals surface area (Å²) in [6.07, 6.45) is 0. The van der Waals surface area contributed by atoms with E-state index in [-0.39, 0.29) is 16.9 Å². The fourth-order valence-electron chi connectivity index (χ4n) is 1.43. The van der Waals surface area contributed by atoms with Gasteiger partial charge >= 0.3 is 5.97 Å². The number of ketones is 1. The largest absolute Gasteiger partial charge is 0.478 e. The number of carbonyl (C=O) groups excluding carboxylic acids is 1. The molecule has 2 aromatic rings. The van der Waals surface area contributed by atoms with Crippen molar-refractivity contribution in [2.75, 3.05) is 0 Å². The molecule has 17 heavy (non-hydrogen) atoms. The highest BCUT2D eigenvalue weighted by molar-refractivity contribution is 7.12. The van der Waals surface area contributed by atoms with E-state index in [4.69, 9.17) is 16.7 Å². The first-order chi connectivity index (χ1) is 8.09. The minimum atomic E-state index is -1.16. The Hall–Kier alpha value is -1.65. The van der Waals surface area contributed by atoms with Crippen LogP contribution in [0.4, 0.5) is 0 Å². The first-order valence-corrected chi connectivity index (χ1v) is 5.96. The number of carboxylic acid groups (broad SMARTS) is 1. The van der Waals surface area contributed by atoms with E-state index in [0.29, 0.717) is 9.90 Å². The number of carbonyl (C=O) groups is 2. The minimum Gasteiger partial charge on any atom is -0.478 e. The SMILES string of the molecule is O=C(O)c1cc(Cl)ccc1C(=O)c1cccs1. The Bertz CT molecular complexity index is 575. The number of benzene rings is 1. The molecule has 0 aliphatic rings. The van der Waals surface area contributed by atoms with Crippen molar-refractivity contribution >= 4 is 34.7 Å². The van der Waals surface area contributed by atoms with Crippen LogP contribution >= 0.6 is 22.9 Å². The van der Waals surface area contributed by atoms with E-state index in [2.05, 4.69) is 0 Å². The molecule has 3 nitrogen and oxygen atoms in total. The Labute approximate surface area is 106 Å². The van der Waals surface area contributed by atoms with Crippen LogP contribution in [-0.2, 0) is 0 Å². The molecule has 0 spiro atoms. The maximum Gasteiger partial charge on any atom is 0.336 e. The Morgan fingerprint density at radius 3 is 2.53 bits per heavy atom. The van der Waals surface area contributed by atoms with Gasteiger partial charge in [0.25, 0.3) is 0 Å². The Balaban J connectivity index is 2.52. The number of aromatic carboxylic acids is 1. The van der Waals surface area contributed by atoms with Crippen molar-refractivity contribution in [1.29, 1.82) is 0 Å². The number of halogens is 1. The second kappa shape index (κ2) is 4.69. The molecule has 5 heteroatoms. The quantitative estimate of drug-likeness (QED) is 0.867. The summed E-state index contributed by atoms with van der Waals surface area (Å²) in [4.78, 5) is 23.6. The summed E-state index contributed by atoms with van der Waals surface area (Å²) >= 11 is 6.99. The zero-order chi connectivity index (χ0) is 12.4. The third-order valence-electron chi connectivity index (χ3n) is 2.20. The van der Waals surface area contributed by atoms with Crippen molar-refractivity contribution in [3.05, 3.63) is 56.7 Å². The summed E-state index contributed by atoms with van der Waals surface area (Å²) in [6.45, 7) is 0. The number of hydrogen-bond acceptors (Lipinski definition) is 3. The highest BCUT2D eigenvalue weighted by atomic mass is 35.5. The van der Waals surface area contributed by atoms with Crippen molar-refractivity contribution in [2.45, 2.75) is 0 Å². The predicted molar refractivity (Wildman–Crippen MR) is 66.2 cm³/mol. The monoisotopic (exact) mass is 266 g/mol. The first-order valence-electron chi connectivity index (χ1n) is 4.70. The molecule has 0 saturated heterocycles. The van der Waals surface area contributed by atoms with Crippen LogP contribution in [-0.4, -0.2) is 16.9 Å². The number of rotatable bonds is 3. The molecule has 1 aromatic carbocycles. The fourth-order valence-corrected chi connectivity index (χ4v) is 2.28. The van der Waals surface area contributed by atoms with Gasteiger partial charge in [-0.15, -0.1) is 11.3 Å². The van der Waals surface area contributed by atoms with E-state index in [9.17, 15) is 9.59 Å². The zero-order valence-corrected chi connectivity index (χ0v) is 10.1. The Morgan fingerprint density at radius 2 is 1.94 bits per heavy atom. The van der Waals surface area contributed by atoms with Gasteiger partial charge in [0, 0.05) is 10.6 Å². The average molecular weight is 267 g/mol. The van der Waals surface area contributed by atoms with Crippen molar-refractivity contribution in [3.63, 3.8) is 0 Å². The van der Waals surface area contributed by atoms with E-state index in [0.717, 1.165) is 0 Å². The number of hydrogen-bond donors (Lipinski definition) is 1. The summed E-state index contributed by atoms with van der Waals surface area (Å²) < 4.78 is 0. The lowest BCUT2D eigenvalue weighted by Crippen LogP contribution is -2.08. The maximum atomic E-state index is 12.0. The molecule has 0 unspecified atom stereocenters. The maximum absolute atomic E-state index is 12.0. The summed E-state index contributed by atoms with van der Waals surface area (Å²) in [6, 6.07) is 7.63. The molecular formula is C12H7ClO3S. The summed E-state index contributed by atoms with van der Waals surface area (Å²) in [5.74, 6) is -1.46. The first kappa shape index (κ1) is 11.8. The molecule has 0 aliphatic carbocycles. The van der Waals surface area contributed by atoms with Crippen molar-refractivity contribution in [2.24, 2.45) is 0 Å². The summed E-state index contributed by atoms with van der Waals surface area (Å²) in [7, 11) is 0. The Morgan fingerprint density at radius 1 is 1.18 bits per heavy atom. The smallest absolute Gasteiger partial charge is 0.336 e. The van der Waals surface area contributed by atoms with Crippen LogP contribution in [0.3, 0.4) is 0 Å². The van der Waals surface area contributed by atoms with E-state index in [1.807, 2.05) is 0 Å². The van der Waals surface area contributed by atoms with Crippen LogP contribution in [0.15, 0.2) is 35.7 Å². The molecule has 0 atom stereocenters. The normalized spacial score (nSPS) is 10.2. The van der Waals surface area contributed by atoms with Gasteiger partial charge in [-0.3, -0.25) is 4.79 Å². The molecule has 1 aromatic heterocycles. The number of carboxylic acids is 1. The predicted octanol–water partition coefficient (Wildman–Crippen LogP) is 3.33. The molecule has 0 saturated carbocycles. The lowest BCUT2D eigenvalue weighted by atomic mass is 10.0. The van der Waals surface area contributed by atoms with Gasteiger partial charge in [-0.05, 0) is 29.6 Å². The summed E-state index contributed by atoms with van der Waals surface area (Å²) in [5, 5.41) is 11.1. The zero-order valence-electron chi connectivity index (χ0n) is 8.51. The van der Waals surface area contributed by atoms with Crippen LogP contribution in [0.5, 0.6) is 0 Å². The van der Waals surface area contributed by atoms with Gasteiger partial charge in [-0.25, -0.2) is 4.79 Å². The topological polar surface area (TPSA) is 54.4 Å². The molecule has 2 rings (SSSR count). The van der Waals surface area contributed by atoms with E-state index in [1.165, 1.54) is 29.5 Å². The second-order valence-electron chi connectivity index (χ2n) is 3.30. The fraction of sp³-hybridized carbons (Fsp3) is 0. The molecule has 86 valence electrons. The minimum absolute atomic E-state index is 0.0732. The van der Waals surface area contributed by atoms with E-state index < -0.39 is 5.97 Å². The lowest BCUT2D eigenvalue weighted by molar-refractivity contribution is 0.0693. The molecule has 0 bridgehead atoms. The van der Waals surface area contributed by atoms with Crippen LogP contribution in [0.25, 0.3) is 0 Å². The summed E-state index contributed by atoms with van der Waals surface area (Å²) in [5.41, 5.74) is 0.0836. The van der Waals surface area contributed by atoms with Crippen LogP contribution in [0.2, 0.25) is 5.02 Å². The van der Waals surface area contributed by atoms with Gasteiger partial charge < -0.3 is 5.11 Å². The highest BCUT2D eigenvalue weighted by Gasteiger charge is 2.18. The van der Waals surface area contributed by atoms with Gasteiger partial charge in [0.2, 0.25) is 5.78 Å². The van der Waals surface area contributed by atoms with Gasteiger partial charge in [0.15, 0.2) is 0 Å². The van der Waals surface area contributed by atoms with Crippen molar-refractivity contribution in [3.8, 4) is 0 Å². The highest BCUT2D eigenvalue weighted by Crippen LogP contribution is 2.21. The average Bonchev–Trinajstić information content (AvgIpc) is 2.81. The third-order valence-corrected chi connectivity index (χ3v) is 3.31. The van der Waals surface area contributed by atoms with E-state index >= 15 is 0 Å². The molecule has 0 fully saturated rings.